The molecule has 0 amide bonds. The Morgan fingerprint density at radius 2 is 2.00 bits per heavy atom. The molecule has 2 aromatic rings. The zero-order valence-corrected chi connectivity index (χ0v) is 9.17. The quantitative estimate of drug-likeness (QED) is 0.853. The second-order valence-electron chi connectivity index (χ2n) is 3.79. The summed E-state index contributed by atoms with van der Waals surface area (Å²) in [5, 5.41) is 4.80. The highest BCUT2D eigenvalue weighted by atomic mass is 19.2. The molecule has 5 heteroatoms. The summed E-state index contributed by atoms with van der Waals surface area (Å²) in [5.74, 6) is -1.74. The average molecular weight is 225 g/mol. The van der Waals surface area contributed by atoms with E-state index in [1.165, 1.54) is 4.68 Å². The Hall–Kier alpha value is -1.49. The second kappa shape index (κ2) is 3.83. The second-order valence-corrected chi connectivity index (χ2v) is 3.79. The minimum Gasteiger partial charge on any atom is -0.310 e. The van der Waals surface area contributed by atoms with Crippen LogP contribution < -0.4 is 5.73 Å². The summed E-state index contributed by atoms with van der Waals surface area (Å²) in [7, 11) is 0. The third kappa shape index (κ3) is 1.57. The van der Waals surface area contributed by atoms with Crippen LogP contribution >= 0.6 is 0 Å². The smallest absolute Gasteiger partial charge is 0.161 e. The zero-order valence-electron chi connectivity index (χ0n) is 9.17. The Balaban J connectivity index is 2.73. The predicted molar refractivity (Wildman–Crippen MR) is 57.9 cm³/mol. The fourth-order valence-electron chi connectivity index (χ4n) is 1.71. The lowest BCUT2D eigenvalue weighted by atomic mass is 10.2. The Morgan fingerprint density at radius 1 is 1.38 bits per heavy atom. The van der Waals surface area contributed by atoms with Crippen LogP contribution in [0.3, 0.4) is 0 Å². The van der Waals surface area contributed by atoms with Crippen molar-refractivity contribution >= 4 is 10.9 Å². The van der Waals surface area contributed by atoms with Crippen LogP contribution in [0.1, 0.15) is 25.2 Å². The number of aromatic nitrogens is 2. The molecule has 0 aliphatic rings. The van der Waals surface area contributed by atoms with E-state index in [-0.39, 0.29) is 6.17 Å². The van der Waals surface area contributed by atoms with Crippen LogP contribution in [0.15, 0.2) is 12.1 Å². The fourth-order valence-corrected chi connectivity index (χ4v) is 1.71. The van der Waals surface area contributed by atoms with E-state index < -0.39 is 11.6 Å². The van der Waals surface area contributed by atoms with Crippen LogP contribution in [0.25, 0.3) is 10.9 Å². The predicted octanol–water partition coefficient (Wildman–Crippen LogP) is 2.49. The van der Waals surface area contributed by atoms with E-state index in [1.54, 1.807) is 6.92 Å². The van der Waals surface area contributed by atoms with Crippen molar-refractivity contribution in [3.05, 3.63) is 29.5 Å². The third-order valence-electron chi connectivity index (χ3n) is 2.67. The monoisotopic (exact) mass is 225 g/mol. The molecule has 0 fully saturated rings. The topological polar surface area (TPSA) is 43.8 Å². The molecule has 1 atom stereocenters. The van der Waals surface area contributed by atoms with E-state index in [0.717, 1.165) is 12.1 Å². The van der Waals surface area contributed by atoms with Crippen LogP contribution in [-0.2, 0) is 0 Å². The molecule has 0 saturated carbocycles. The molecule has 0 spiro atoms. The number of rotatable bonds is 2. The molecular weight excluding hydrogens is 212 g/mol. The first-order valence-electron chi connectivity index (χ1n) is 5.14. The van der Waals surface area contributed by atoms with Gasteiger partial charge in [0, 0.05) is 11.5 Å². The molecule has 0 radical (unpaired) electrons. The van der Waals surface area contributed by atoms with Crippen LogP contribution in [0.5, 0.6) is 0 Å². The molecule has 0 aliphatic heterocycles. The summed E-state index contributed by atoms with van der Waals surface area (Å²) in [6.45, 7) is 3.66. The lowest BCUT2D eigenvalue weighted by Crippen LogP contribution is -2.18. The van der Waals surface area contributed by atoms with Crippen molar-refractivity contribution in [1.29, 1.82) is 0 Å². The highest BCUT2D eigenvalue weighted by molar-refractivity contribution is 5.82. The van der Waals surface area contributed by atoms with E-state index >= 15 is 0 Å². The molecule has 16 heavy (non-hydrogen) atoms. The van der Waals surface area contributed by atoms with Gasteiger partial charge in [0.2, 0.25) is 0 Å². The average Bonchev–Trinajstić information content (AvgIpc) is 2.56. The number of nitrogens with zero attached hydrogens (tertiary/aromatic N) is 2. The maximum atomic E-state index is 13.1. The van der Waals surface area contributed by atoms with Gasteiger partial charge >= 0.3 is 0 Å². The Labute approximate surface area is 91.9 Å². The first-order valence-corrected chi connectivity index (χ1v) is 5.14. The standard InChI is InChI=1S/C11H13F2N3/c1-3-11(14)16-10-5-9(13)8(12)4-7(10)6(2)15-16/h4-5,11H,3,14H2,1-2H3. The third-order valence-corrected chi connectivity index (χ3v) is 2.67. The molecule has 2 N–H and O–H groups in total. The van der Waals surface area contributed by atoms with E-state index in [0.29, 0.717) is 23.0 Å². The highest BCUT2D eigenvalue weighted by Crippen LogP contribution is 2.23. The van der Waals surface area contributed by atoms with Crippen LogP contribution in [0, 0.1) is 18.6 Å². The molecule has 0 saturated heterocycles. The molecule has 2 rings (SSSR count). The van der Waals surface area contributed by atoms with Gasteiger partial charge in [-0.25, -0.2) is 13.5 Å². The summed E-state index contributed by atoms with van der Waals surface area (Å²) in [4.78, 5) is 0. The van der Waals surface area contributed by atoms with E-state index in [2.05, 4.69) is 5.10 Å². The molecule has 0 aliphatic carbocycles. The number of hydrogen-bond acceptors (Lipinski definition) is 2. The van der Waals surface area contributed by atoms with E-state index in [1.807, 2.05) is 6.92 Å². The SMILES string of the molecule is CCC(N)n1nc(C)c2cc(F)c(F)cc21. The van der Waals surface area contributed by atoms with Gasteiger partial charge in [-0.2, -0.15) is 5.10 Å². The first kappa shape index (κ1) is 11.0. The summed E-state index contributed by atoms with van der Waals surface area (Å²) < 4.78 is 27.8. The normalized spacial score (nSPS) is 13.3. The molecule has 1 aromatic carbocycles. The van der Waals surface area contributed by atoms with Gasteiger partial charge in [-0.15, -0.1) is 0 Å². The number of fused-ring (bicyclic) bond motifs is 1. The van der Waals surface area contributed by atoms with E-state index in [4.69, 9.17) is 5.73 Å². The van der Waals surface area contributed by atoms with E-state index in [9.17, 15) is 8.78 Å². The van der Waals surface area contributed by atoms with Gasteiger partial charge < -0.3 is 5.73 Å². The lowest BCUT2D eigenvalue weighted by Gasteiger charge is -2.10. The van der Waals surface area contributed by atoms with Crippen molar-refractivity contribution in [2.75, 3.05) is 0 Å². The molecule has 3 nitrogen and oxygen atoms in total. The van der Waals surface area contributed by atoms with Crippen molar-refractivity contribution in [1.82, 2.24) is 9.78 Å². The molecular formula is C11H13F2N3. The van der Waals surface area contributed by atoms with Gasteiger partial charge in [-0.05, 0) is 19.4 Å². The molecule has 1 aromatic heterocycles. The number of hydrogen-bond donors (Lipinski definition) is 1. The minimum atomic E-state index is -0.878. The Kier molecular flexibility index (Phi) is 2.63. The summed E-state index contributed by atoms with van der Waals surface area (Å²) in [5.41, 5.74) is 7.03. The van der Waals surface area contributed by atoms with Crippen molar-refractivity contribution in [2.45, 2.75) is 26.4 Å². The van der Waals surface area contributed by atoms with Crippen LogP contribution in [0.2, 0.25) is 0 Å². The lowest BCUT2D eigenvalue weighted by molar-refractivity contribution is 0.466. The fraction of sp³-hybridized carbons (Fsp3) is 0.364. The molecule has 0 bridgehead atoms. The first-order chi connectivity index (χ1) is 7.54. The van der Waals surface area contributed by atoms with Gasteiger partial charge in [-0.3, -0.25) is 0 Å². The number of nitrogens with two attached hydrogens (primary N) is 1. The number of benzene rings is 1. The number of halogens is 2. The van der Waals surface area contributed by atoms with Gasteiger partial charge in [0.15, 0.2) is 11.6 Å². The maximum Gasteiger partial charge on any atom is 0.161 e. The number of aryl methyl sites for hydroxylation is 1. The summed E-state index contributed by atoms with van der Waals surface area (Å²) in [6, 6.07) is 2.30. The Morgan fingerprint density at radius 3 is 2.62 bits per heavy atom. The van der Waals surface area contributed by atoms with Gasteiger partial charge in [-0.1, -0.05) is 6.92 Å². The molecule has 1 unspecified atom stereocenters. The minimum absolute atomic E-state index is 0.318. The van der Waals surface area contributed by atoms with Crippen molar-refractivity contribution < 1.29 is 8.78 Å². The van der Waals surface area contributed by atoms with Gasteiger partial charge in [0.1, 0.15) is 0 Å². The van der Waals surface area contributed by atoms with Crippen LogP contribution in [0.4, 0.5) is 8.78 Å². The highest BCUT2D eigenvalue weighted by Gasteiger charge is 2.14. The zero-order chi connectivity index (χ0) is 11.9. The summed E-state index contributed by atoms with van der Waals surface area (Å²) in [6.07, 6.45) is 0.357. The molecule has 1 heterocycles. The maximum absolute atomic E-state index is 13.1. The van der Waals surface area contributed by atoms with Crippen LogP contribution in [-0.4, -0.2) is 9.78 Å². The Bertz CT molecular complexity index is 533. The summed E-state index contributed by atoms with van der Waals surface area (Å²) >= 11 is 0. The van der Waals surface area contributed by atoms with Gasteiger partial charge in [0.25, 0.3) is 0 Å². The van der Waals surface area contributed by atoms with Gasteiger partial charge in [0.05, 0.1) is 17.4 Å². The van der Waals surface area contributed by atoms with Crippen molar-refractivity contribution in [3.8, 4) is 0 Å². The largest absolute Gasteiger partial charge is 0.310 e. The molecule has 86 valence electrons. The van der Waals surface area contributed by atoms with Crippen molar-refractivity contribution in [3.63, 3.8) is 0 Å². The van der Waals surface area contributed by atoms with Crippen molar-refractivity contribution in [2.24, 2.45) is 5.73 Å².